The van der Waals surface area contributed by atoms with Crippen LogP contribution in [0.25, 0.3) is 28.1 Å². The number of nitrogens with zero attached hydrogens (tertiary/aromatic N) is 6. The Morgan fingerprint density at radius 2 is 2.02 bits per heavy atom. The summed E-state index contributed by atoms with van der Waals surface area (Å²) in [6.45, 7) is 3.02. The van der Waals surface area contributed by atoms with E-state index in [4.69, 9.17) is 18.9 Å². The number of furan rings is 1. The van der Waals surface area contributed by atoms with Crippen LogP contribution in [0.1, 0.15) is 18.9 Å². The summed E-state index contributed by atoms with van der Waals surface area (Å²) >= 11 is 0. The molecular formula is C29H29N7O4. The van der Waals surface area contributed by atoms with E-state index in [1.165, 1.54) is 0 Å². The van der Waals surface area contributed by atoms with Gasteiger partial charge in [0.25, 0.3) is 5.56 Å². The van der Waals surface area contributed by atoms with Gasteiger partial charge in [-0.2, -0.15) is 4.98 Å². The molecule has 7 rings (SSSR count). The highest BCUT2D eigenvalue weighted by molar-refractivity contribution is 5.81. The molecule has 5 aromatic rings. The Morgan fingerprint density at radius 3 is 2.77 bits per heavy atom. The van der Waals surface area contributed by atoms with Crippen molar-refractivity contribution in [2.24, 2.45) is 0 Å². The quantitative estimate of drug-likeness (QED) is 0.328. The van der Waals surface area contributed by atoms with Gasteiger partial charge >= 0.3 is 0 Å². The molecule has 40 heavy (non-hydrogen) atoms. The first kappa shape index (κ1) is 24.6. The second kappa shape index (κ2) is 10.2. The van der Waals surface area contributed by atoms with Crippen molar-refractivity contribution in [2.75, 3.05) is 38.7 Å². The van der Waals surface area contributed by atoms with Crippen LogP contribution in [-0.2, 0) is 4.74 Å². The highest BCUT2D eigenvalue weighted by atomic mass is 16.5. The number of anilines is 2. The number of imidazole rings is 1. The molecule has 204 valence electrons. The van der Waals surface area contributed by atoms with E-state index in [0.29, 0.717) is 36.2 Å². The Hall–Kier alpha value is -4.48. The Balaban J connectivity index is 1.22. The van der Waals surface area contributed by atoms with Crippen molar-refractivity contribution in [3.05, 3.63) is 77.9 Å². The molecule has 11 heteroatoms. The first-order chi connectivity index (χ1) is 19.6. The number of hydrogen-bond donors (Lipinski definition) is 1. The zero-order chi connectivity index (χ0) is 27.1. The number of benzene rings is 1. The van der Waals surface area contributed by atoms with Gasteiger partial charge in [-0.3, -0.25) is 13.9 Å². The number of rotatable bonds is 7. The maximum absolute atomic E-state index is 14.0. The number of aromatic nitrogens is 5. The number of likely N-dealkylation sites (N-methyl/N-ethyl adjacent to an activating group) is 1. The van der Waals surface area contributed by atoms with E-state index in [1.54, 1.807) is 41.8 Å². The summed E-state index contributed by atoms with van der Waals surface area (Å²) < 4.78 is 20.6. The van der Waals surface area contributed by atoms with Crippen LogP contribution in [0.5, 0.6) is 5.75 Å². The second-order valence-electron chi connectivity index (χ2n) is 10.3. The Labute approximate surface area is 230 Å². The van der Waals surface area contributed by atoms with Crippen LogP contribution in [0.15, 0.2) is 76.7 Å². The third kappa shape index (κ3) is 4.63. The van der Waals surface area contributed by atoms with Gasteiger partial charge in [0, 0.05) is 55.4 Å². The molecule has 2 aliphatic heterocycles. The van der Waals surface area contributed by atoms with Crippen molar-refractivity contribution in [3.8, 4) is 22.8 Å². The van der Waals surface area contributed by atoms with Gasteiger partial charge in [0.2, 0.25) is 5.95 Å². The molecule has 0 saturated carbocycles. The van der Waals surface area contributed by atoms with E-state index in [-0.39, 0.29) is 17.7 Å². The van der Waals surface area contributed by atoms with Crippen LogP contribution in [-0.4, -0.2) is 68.4 Å². The van der Waals surface area contributed by atoms with Gasteiger partial charge in [0.1, 0.15) is 29.6 Å². The number of hydrogen-bond acceptors (Lipinski definition) is 9. The number of pyridine rings is 1. The zero-order valence-electron chi connectivity index (χ0n) is 22.1. The average molecular weight is 540 g/mol. The molecule has 1 N–H and O–H groups in total. The van der Waals surface area contributed by atoms with E-state index < -0.39 is 0 Å². The average Bonchev–Trinajstić information content (AvgIpc) is 3.78. The summed E-state index contributed by atoms with van der Waals surface area (Å²) in [6, 6.07) is 11.3. The summed E-state index contributed by atoms with van der Waals surface area (Å²) in [5.41, 5.74) is 2.44. The molecule has 0 aliphatic carbocycles. The standard InChI is InChI=1S/C29H29N7O4/c1-34-10-6-24(16-34)40-23-4-2-20(3-5-23)32-29-31-15-19-14-25(27-30-9-11-35(27)21-7-12-38-17-21)28(37)36(26(19)33-29)22-8-13-39-18-22/h2-5,7,9,11-12,14-15,17,22,24H,6,8,10,13,16,18H2,1H3,(H,31,32,33). The Morgan fingerprint density at radius 1 is 1.12 bits per heavy atom. The van der Waals surface area contributed by atoms with Crippen LogP contribution in [0, 0.1) is 0 Å². The maximum atomic E-state index is 14.0. The van der Waals surface area contributed by atoms with Gasteiger partial charge in [-0.1, -0.05) is 0 Å². The van der Waals surface area contributed by atoms with Crippen molar-refractivity contribution in [2.45, 2.75) is 25.0 Å². The van der Waals surface area contributed by atoms with E-state index in [9.17, 15) is 4.79 Å². The SMILES string of the molecule is CN1CCC(Oc2ccc(Nc3ncc4cc(-c5nccn5-c5ccoc5)c(=O)n(C5CCOC5)c4n3)cc2)C1. The Bertz CT molecular complexity index is 1690. The summed E-state index contributed by atoms with van der Waals surface area (Å²) in [6.07, 6.45) is 10.4. The molecule has 2 fully saturated rings. The van der Waals surface area contributed by atoms with Crippen LogP contribution < -0.4 is 15.6 Å². The van der Waals surface area contributed by atoms with Gasteiger partial charge in [-0.15, -0.1) is 0 Å². The number of fused-ring (bicyclic) bond motifs is 1. The smallest absolute Gasteiger partial charge is 0.263 e. The fraction of sp³-hybridized carbons (Fsp3) is 0.310. The predicted octanol–water partition coefficient (Wildman–Crippen LogP) is 4.03. The fourth-order valence-corrected chi connectivity index (χ4v) is 5.44. The fourth-order valence-electron chi connectivity index (χ4n) is 5.44. The molecule has 0 spiro atoms. The van der Waals surface area contributed by atoms with Gasteiger partial charge < -0.3 is 24.1 Å². The van der Waals surface area contributed by atoms with Gasteiger partial charge in [-0.05, 0) is 50.2 Å². The predicted molar refractivity (Wildman–Crippen MR) is 149 cm³/mol. The maximum Gasteiger partial charge on any atom is 0.263 e. The Kier molecular flexibility index (Phi) is 6.29. The van der Waals surface area contributed by atoms with Crippen molar-refractivity contribution < 1.29 is 13.9 Å². The number of likely N-dealkylation sites (tertiary alicyclic amines) is 1. The molecule has 11 nitrogen and oxygen atoms in total. The van der Waals surface area contributed by atoms with E-state index in [2.05, 4.69) is 27.2 Å². The number of ether oxygens (including phenoxy) is 2. The van der Waals surface area contributed by atoms with Gasteiger partial charge in [-0.25, -0.2) is 9.97 Å². The molecule has 2 aliphatic rings. The second-order valence-corrected chi connectivity index (χ2v) is 10.3. The largest absolute Gasteiger partial charge is 0.489 e. The third-order valence-electron chi connectivity index (χ3n) is 7.47. The van der Waals surface area contributed by atoms with Crippen molar-refractivity contribution in [3.63, 3.8) is 0 Å². The van der Waals surface area contributed by atoms with E-state index in [1.807, 2.05) is 34.9 Å². The first-order valence-electron chi connectivity index (χ1n) is 13.4. The lowest BCUT2D eigenvalue weighted by atomic mass is 10.1. The summed E-state index contributed by atoms with van der Waals surface area (Å²) in [5.74, 6) is 1.76. The van der Waals surface area contributed by atoms with E-state index >= 15 is 0 Å². The zero-order valence-corrected chi connectivity index (χ0v) is 22.1. The minimum atomic E-state index is -0.178. The summed E-state index contributed by atoms with van der Waals surface area (Å²) in [4.78, 5) is 30.1. The van der Waals surface area contributed by atoms with Crippen molar-refractivity contribution in [1.82, 2.24) is 29.0 Å². The van der Waals surface area contributed by atoms with Crippen molar-refractivity contribution >= 4 is 22.7 Å². The highest BCUT2D eigenvalue weighted by Gasteiger charge is 2.25. The molecule has 2 unspecified atom stereocenters. The molecule has 2 atom stereocenters. The highest BCUT2D eigenvalue weighted by Crippen LogP contribution is 2.28. The van der Waals surface area contributed by atoms with Crippen LogP contribution in [0.2, 0.25) is 0 Å². The first-order valence-corrected chi connectivity index (χ1v) is 13.4. The van der Waals surface area contributed by atoms with Crippen LogP contribution in [0.4, 0.5) is 11.6 Å². The van der Waals surface area contributed by atoms with Gasteiger partial charge in [0.15, 0.2) is 0 Å². The lowest BCUT2D eigenvalue weighted by molar-refractivity contribution is 0.186. The molecule has 4 aromatic heterocycles. The monoisotopic (exact) mass is 539 g/mol. The molecule has 6 heterocycles. The summed E-state index contributed by atoms with van der Waals surface area (Å²) in [7, 11) is 2.11. The molecule has 2 saturated heterocycles. The molecule has 0 amide bonds. The molecule has 0 radical (unpaired) electrons. The number of nitrogens with one attached hydrogen (secondary N) is 1. The van der Waals surface area contributed by atoms with Crippen LogP contribution >= 0.6 is 0 Å². The van der Waals surface area contributed by atoms with Gasteiger partial charge in [0.05, 0.1) is 30.2 Å². The van der Waals surface area contributed by atoms with Crippen LogP contribution in [0.3, 0.4) is 0 Å². The lowest BCUT2D eigenvalue weighted by Gasteiger charge is -2.18. The molecule has 0 bridgehead atoms. The lowest BCUT2D eigenvalue weighted by Crippen LogP contribution is -2.28. The summed E-state index contributed by atoms with van der Waals surface area (Å²) in [5, 5.41) is 4.01. The third-order valence-corrected chi connectivity index (χ3v) is 7.47. The van der Waals surface area contributed by atoms with Crippen molar-refractivity contribution in [1.29, 1.82) is 0 Å². The van der Waals surface area contributed by atoms with E-state index in [0.717, 1.165) is 48.4 Å². The molecular weight excluding hydrogens is 510 g/mol. The minimum Gasteiger partial charge on any atom is -0.489 e. The molecule has 1 aromatic carbocycles. The topological polar surface area (TPSA) is 112 Å². The normalized spacial score (nSPS) is 19.4. The minimum absolute atomic E-state index is 0.138.